The van der Waals surface area contributed by atoms with Crippen molar-refractivity contribution in [3.8, 4) is 0 Å². The Balaban J connectivity index is 2.57. The van der Waals surface area contributed by atoms with Crippen LogP contribution in [-0.4, -0.2) is 63.0 Å². The van der Waals surface area contributed by atoms with Crippen LogP contribution in [0.4, 0.5) is 0 Å². The first kappa shape index (κ1) is 14.9. The lowest BCUT2D eigenvalue weighted by Gasteiger charge is -2.41. The minimum atomic E-state index is -0.143. The molecule has 1 aliphatic heterocycles. The van der Waals surface area contributed by atoms with E-state index < -0.39 is 0 Å². The van der Waals surface area contributed by atoms with Gasteiger partial charge in [-0.15, -0.1) is 0 Å². The highest BCUT2D eigenvalue weighted by Crippen LogP contribution is 2.02. The predicted octanol–water partition coefficient (Wildman–Crippen LogP) is -0.626. The molecule has 0 radical (unpaired) electrons. The molecule has 0 bridgehead atoms. The van der Waals surface area contributed by atoms with Crippen molar-refractivity contribution in [3.05, 3.63) is 0 Å². The van der Waals surface area contributed by atoms with Crippen molar-refractivity contribution in [3.63, 3.8) is 0 Å². The number of rotatable bonds is 8. The third-order valence-electron chi connectivity index (χ3n) is 3.11. The highest BCUT2D eigenvalue weighted by Gasteiger charge is 2.29. The van der Waals surface area contributed by atoms with Crippen LogP contribution in [0.1, 0.15) is 20.8 Å². The fourth-order valence-corrected chi connectivity index (χ4v) is 2.47. The third kappa shape index (κ3) is 4.89. The van der Waals surface area contributed by atoms with Crippen LogP contribution in [0.25, 0.3) is 0 Å². The van der Waals surface area contributed by atoms with Gasteiger partial charge in [0.1, 0.15) is 5.79 Å². The quantitative estimate of drug-likeness (QED) is 0.428. The fourth-order valence-electron chi connectivity index (χ4n) is 2.47. The van der Waals surface area contributed by atoms with Crippen molar-refractivity contribution in [1.29, 1.82) is 0 Å². The molecule has 0 atom stereocenters. The van der Waals surface area contributed by atoms with E-state index in [1.807, 2.05) is 0 Å². The van der Waals surface area contributed by atoms with Gasteiger partial charge in [-0.2, -0.15) is 0 Å². The van der Waals surface area contributed by atoms with Gasteiger partial charge in [0.2, 0.25) is 0 Å². The molecule has 1 fully saturated rings. The van der Waals surface area contributed by atoms with Gasteiger partial charge in [0, 0.05) is 32.7 Å². The summed E-state index contributed by atoms with van der Waals surface area (Å²) in [5.74, 6) is -0.143. The fraction of sp³-hybridized carbons (Fsp3) is 1.00. The van der Waals surface area contributed by atoms with Crippen LogP contribution in [-0.2, 0) is 0 Å². The average Bonchev–Trinajstić information content (AvgIpc) is 2.31. The van der Waals surface area contributed by atoms with E-state index in [1.54, 1.807) is 0 Å². The van der Waals surface area contributed by atoms with Crippen molar-refractivity contribution < 1.29 is 0 Å². The standard InChI is InChI=1S/C12H29N5/c1-4-14-12(15-5-2,16-6-3)11-17-9-7-13-8-10-17/h13-16H,4-11H2,1-3H3. The maximum atomic E-state index is 3.56. The monoisotopic (exact) mass is 243 g/mol. The molecule has 102 valence electrons. The second-order valence-electron chi connectivity index (χ2n) is 4.52. The Morgan fingerprint density at radius 2 is 1.41 bits per heavy atom. The number of piperazine rings is 1. The van der Waals surface area contributed by atoms with Crippen LogP contribution in [0.3, 0.4) is 0 Å². The highest BCUT2D eigenvalue weighted by molar-refractivity contribution is 4.86. The van der Waals surface area contributed by atoms with Gasteiger partial charge in [-0.25, -0.2) is 0 Å². The number of likely N-dealkylation sites (N-methyl/N-ethyl adjacent to an activating group) is 3. The summed E-state index contributed by atoms with van der Waals surface area (Å²) in [6.07, 6.45) is 0. The van der Waals surface area contributed by atoms with E-state index in [4.69, 9.17) is 0 Å². The van der Waals surface area contributed by atoms with Crippen LogP contribution < -0.4 is 21.3 Å². The van der Waals surface area contributed by atoms with Gasteiger partial charge in [-0.3, -0.25) is 20.9 Å². The Morgan fingerprint density at radius 1 is 0.941 bits per heavy atom. The molecule has 0 aromatic carbocycles. The Morgan fingerprint density at radius 3 is 1.82 bits per heavy atom. The summed E-state index contributed by atoms with van der Waals surface area (Å²) in [4.78, 5) is 2.50. The van der Waals surface area contributed by atoms with E-state index in [-0.39, 0.29) is 5.79 Å². The predicted molar refractivity (Wildman–Crippen MR) is 73.1 cm³/mol. The lowest BCUT2D eigenvalue weighted by molar-refractivity contribution is 0.111. The summed E-state index contributed by atoms with van der Waals surface area (Å²) in [5.41, 5.74) is 0. The third-order valence-corrected chi connectivity index (χ3v) is 3.11. The molecule has 5 heteroatoms. The minimum Gasteiger partial charge on any atom is -0.314 e. The summed E-state index contributed by atoms with van der Waals surface area (Å²) in [5, 5.41) is 14.1. The van der Waals surface area contributed by atoms with Crippen LogP contribution >= 0.6 is 0 Å². The van der Waals surface area contributed by atoms with Crippen LogP contribution in [0.15, 0.2) is 0 Å². The summed E-state index contributed by atoms with van der Waals surface area (Å²) >= 11 is 0. The Labute approximate surface area is 106 Å². The van der Waals surface area contributed by atoms with Crippen LogP contribution in [0, 0.1) is 0 Å². The summed E-state index contributed by atoms with van der Waals surface area (Å²) in [6, 6.07) is 0. The normalized spacial score (nSPS) is 18.5. The lowest BCUT2D eigenvalue weighted by Crippen LogP contribution is -2.72. The first-order chi connectivity index (χ1) is 8.26. The van der Waals surface area contributed by atoms with Gasteiger partial charge in [-0.1, -0.05) is 20.8 Å². The molecule has 17 heavy (non-hydrogen) atoms. The zero-order valence-corrected chi connectivity index (χ0v) is 11.6. The maximum Gasteiger partial charge on any atom is 0.136 e. The van der Waals surface area contributed by atoms with Gasteiger partial charge >= 0.3 is 0 Å². The van der Waals surface area contributed by atoms with E-state index in [0.717, 1.165) is 52.4 Å². The molecule has 0 unspecified atom stereocenters. The molecule has 1 rings (SSSR count). The van der Waals surface area contributed by atoms with E-state index in [1.165, 1.54) is 0 Å². The summed E-state index contributed by atoms with van der Waals surface area (Å²) in [6.45, 7) is 14.8. The summed E-state index contributed by atoms with van der Waals surface area (Å²) in [7, 11) is 0. The molecule has 0 aliphatic carbocycles. The molecular formula is C12H29N5. The molecule has 0 aromatic heterocycles. The molecule has 1 heterocycles. The Kier molecular flexibility index (Phi) is 6.99. The number of hydrogen-bond donors (Lipinski definition) is 4. The topological polar surface area (TPSA) is 51.4 Å². The highest BCUT2D eigenvalue weighted by atomic mass is 15.4. The van der Waals surface area contributed by atoms with Crippen molar-refractivity contribution >= 4 is 0 Å². The van der Waals surface area contributed by atoms with Gasteiger partial charge in [0.05, 0.1) is 0 Å². The Bertz CT molecular complexity index is 174. The SMILES string of the molecule is CCNC(CN1CCNCC1)(NCC)NCC. The van der Waals surface area contributed by atoms with Crippen LogP contribution in [0.5, 0.6) is 0 Å². The molecule has 0 amide bonds. The molecular weight excluding hydrogens is 214 g/mol. The Hall–Kier alpha value is -0.200. The molecule has 0 aromatic rings. The maximum absolute atomic E-state index is 3.56. The van der Waals surface area contributed by atoms with Crippen molar-refractivity contribution in [1.82, 2.24) is 26.2 Å². The molecule has 5 nitrogen and oxygen atoms in total. The second kappa shape index (κ2) is 8.00. The number of nitrogens with zero attached hydrogens (tertiary/aromatic N) is 1. The van der Waals surface area contributed by atoms with Gasteiger partial charge < -0.3 is 5.32 Å². The van der Waals surface area contributed by atoms with Gasteiger partial charge in [0.15, 0.2) is 0 Å². The smallest absolute Gasteiger partial charge is 0.136 e. The van der Waals surface area contributed by atoms with E-state index in [0.29, 0.717) is 0 Å². The van der Waals surface area contributed by atoms with E-state index in [2.05, 4.69) is 46.9 Å². The largest absolute Gasteiger partial charge is 0.314 e. The minimum absolute atomic E-state index is 0.143. The first-order valence-corrected chi connectivity index (χ1v) is 6.94. The summed E-state index contributed by atoms with van der Waals surface area (Å²) < 4.78 is 0. The molecule has 1 aliphatic rings. The average molecular weight is 243 g/mol. The zero-order chi connectivity index (χ0) is 12.6. The van der Waals surface area contributed by atoms with Gasteiger partial charge in [0.25, 0.3) is 0 Å². The number of nitrogens with one attached hydrogen (secondary N) is 4. The molecule has 4 N–H and O–H groups in total. The van der Waals surface area contributed by atoms with E-state index >= 15 is 0 Å². The number of hydrogen-bond acceptors (Lipinski definition) is 5. The molecule has 0 saturated carbocycles. The van der Waals surface area contributed by atoms with E-state index in [9.17, 15) is 0 Å². The zero-order valence-electron chi connectivity index (χ0n) is 11.6. The second-order valence-corrected chi connectivity index (χ2v) is 4.52. The van der Waals surface area contributed by atoms with Crippen molar-refractivity contribution in [2.24, 2.45) is 0 Å². The first-order valence-electron chi connectivity index (χ1n) is 6.94. The lowest BCUT2D eigenvalue weighted by atomic mass is 10.2. The van der Waals surface area contributed by atoms with Gasteiger partial charge in [-0.05, 0) is 19.6 Å². The van der Waals surface area contributed by atoms with Crippen LogP contribution in [0.2, 0.25) is 0 Å². The van der Waals surface area contributed by atoms with Crippen molar-refractivity contribution in [2.45, 2.75) is 26.6 Å². The van der Waals surface area contributed by atoms with Crippen molar-refractivity contribution in [2.75, 3.05) is 52.4 Å². The molecule has 1 saturated heterocycles. The molecule has 0 spiro atoms.